The zero-order valence-electron chi connectivity index (χ0n) is 13.6. The second-order valence-electron chi connectivity index (χ2n) is 6.05. The highest BCUT2D eigenvalue weighted by molar-refractivity contribution is 6.02. The quantitative estimate of drug-likeness (QED) is 0.882. The summed E-state index contributed by atoms with van der Waals surface area (Å²) < 4.78 is 5.36. The molecule has 0 unspecified atom stereocenters. The van der Waals surface area contributed by atoms with E-state index in [1.165, 1.54) is 0 Å². The Bertz CT molecular complexity index is 753. The summed E-state index contributed by atoms with van der Waals surface area (Å²) >= 11 is 0. The molecule has 0 aliphatic carbocycles. The second kappa shape index (κ2) is 6.88. The first-order valence-corrected chi connectivity index (χ1v) is 8.03. The number of aryl methyl sites for hydroxylation is 1. The van der Waals surface area contributed by atoms with Gasteiger partial charge in [-0.3, -0.25) is 14.5 Å². The van der Waals surface area contributed by atoms with Crippen LogP contribution in [-0.2, 0) is 11.3 Å². The molecular formula is C18H21N3O3. The van der Waals surface area contributed by atoms with Crippen LogP contribution in [-0.4, -0.2) is 29.3 Å². The number of amides is 2. The maximum Gasteiger partial charge on any atom is 0.291 e. The highest BCUT2D eigenvalue weighted by Gasteiger charge is 2.29. The Morgan fingerprint density at radius 3 is 2.79 bits per heavy atom. The number of primary amides is 1. The van der Waals surface area contributed by atoms with Crippen LogP contribution in [0, 0.1) is 6.92 Å². The molecule has 2 heterocycles. The maximum absolute atomic E-state index is 12.3. The summed E-state index contributed by atoms with van der Waals surface area (Å²) in [5, 5.41) is 2.88. The van der Waals surface area contributed by atoms with Gasteiger partial charge in [0.15, 0.2) is 5.76 Å². The summed E-state index contributed by atoms with van der Waals surface area (Å²) in [6.45, 7) is 3.19. The van der Waals surface area contributed by atoms with Crippen LogP contribution in [0.4, 0.5) is 5.69 Å². The molecule has 1 saturated heterocycles. The monoisotopic (exact) mass is 327 g/mol. The number of hydrogen-bond donors (Lipinski definition) is 2. The van der Waals surface area contributed by atoms with E-state index in [4.69, 9.17) is 10.2 Å². The number of carbonyl (C=O) groups excluding carboxylic acids is 2. The number of nitrogens with zero attached hydrogens (tertiary/aromatic N) is 1. The number of anilines is 1. The predicted octanol–water partition coefficient (Wildman–Crippen LogP) is 2.29. The van der Waals surface area contributed by atoms with Crippen molar-refractivity contribution < 1.29 is 14.0 Å². The summed E-state index contributed by atoms with van der Waals surface area (Å²) in [5.74, 6) is 0.386. The van der Waals surface area contributed by atoms with E-state index in [9.17, 15) is 9.59 Å². The van der Waals surface area contributed by atoms with Gasteiger partial charge < -0.3 is 15.5 Å². The molecule has 0 bridgehead atoms. The van der Waals surface area contributed by atoms with Crippen molar-refractivity contribution in [3.63, 3.8) is 0 Å². The van der Waals surface area contributed by atoms with Gasteiger partial charge in [0.2, 0.25) is 5.91 Å². The molecule has 0 radical (unpaired) electrons. The summed E-state index contributed by atoms with van der Waals surface area (Å²) in [6.07, 6.45) is 1.74. The van der Waals surface area contributed by atoms with Gasteiger partial charge in [-0.1, -0.05) is 18.2 Å². The van der Waals surface area contributed by atoms with Crippen molar-refractivity contribution in [3.05, 3.63) is 53.5 Å². The Balaban J connectivity index is 1.75. The van der Waals surface area contributed by atoms with E-state index < -0.39 is 0 Å². The van der Waals surface area contributed by atoms with Gasteiger partial charge in [0.1, 0.15) is 5.76 Å². The molecule has 24 heavy (non-hydrogen) atoms. The molecule has 1 fully saturated rings. The van der Waals surface area contributed by atoms with Crippen LogP contribution in [0.2, 0.25) is 0 Å². The first kappa shape index (κ1) is 16.3. The van der Waals surface area contributed by atoms with Crippen LogP contribution in [0.5, 0.6) is 0 Å². The van der Waals surface area contributed by atoms with Gasteiger partial charge in [-0.25, -0.2) is 0 Å². The third-order valence-corrected chi connectivity index (χ3v) is 4.30. The maximum atomic E-state index is 12.3. The van der Waals surface area contributed by atoms with E-state index in [1.807, 2.05) is 24.3 Å². The SMILES string of the molecule is Cc1ccc(C(=O)Nc2ccccc2CN2CCC[C@H]2C(N)=O)o1. The number of benzene rings is 1. The molecule has 126 valence electrons. The van der Waals surface area contributed by atoms with Gasteiger partial charge in [-0.15, -0.1) is 0 Å². The smallest absolute Gasteiger partial charge is 0.291 e. The van der Waals surface area contributed by atoms with E-state index in [0.29, 0.717) is 18.0 Å². The Labute approximate surface area is 140 Å². The molecule has 2 amide bonds. The number of hydrogen-bond acceptors (Lipinski definition) is 4. The Hall–Kier alpha value is -2.60. The fraction of sp³-hybridized carbons (Fsp3) is 0.333. The lowest BCUT2D eigenvalue weighted by atomic mass is 10.1. The topological polar surface area (TPSA) is 88.6 Å². The number of furan rings is 1. The van der Waals surface area contributed by atoms with Crippen LogP contribution in [0.1, 0.15) is 34.7 Å². The van der Waals surface area contributed by atoms with Crippen molar-refractivity contribution in [1.29, 1.82) is 0 Å². The van der Waals surface area contributed by atoms with Crippen molar-refractivity contribution in [2.24, 2.45) is 5.73 Å². The fourth-order valence-corrected chi connectivity index (χ4v) is 3.08. The van der Waals surface area contributed by atoms with Crippen molar-refractivity contribution in [1.82, 2.24) is 4.90 Å². The minimum atomic E-state index is -0.292. The van der Waals surface area contributed by atoms with Gasteiger partial charge in [0.05, 0.1) is 6.04 Å². The Morgan fingerprint density at radius 2 is 2.08 bits per heavy atom. The summed E-state index contributed by atoms with van der Waals surface area (Å²) in [5.41, 5.74) is 7.14. The van der Waals surface area contributed by atoms with E-state index in [2.05, 4.69) is 10.2 Å². The number of nitrogens with one attached hydrogen (secondary N) is 1. The molecule has 1 aromatic heterocycles. The van der Waals surface area contributed by atoms with Crippen LogP contribution in [0.15, 0.2) is 40.8 Å². The highest BCUT2D eigenvalue weighted by atomic mass is 16.3. The van der Waals surface area contributed by atoms with Crippen LogP contribution in [0.25, 0.3) is 0 Å². The molecule has 1 aromatic carbocycles. The van der Waals surface area contributed by atoms with Crippen LogP contribution < -0.4 is 11.1 Å². The molecule has 6 heteroatoms. The van der Waals surface area contributed by atoms with Gasteiger partial charge in [0.25, 0.3) is 5.91 Å². The van der Waals surface area contributed by atoms with Crippen molar-refractivity contribution >= 4 is 17.5 Å². The Kier molecular flexibility index (Phi) is 4.66. The number of nitrogens with two attached hydrogens (primary N) is 1. The molecule has 1 aliphatic heterocycles. The van der Waals surface area contributed by atoms with Crippen LogP contribution in [0.3, 0.4) is 0 Å². The van der Waals surface area contributed by atoms with E-state index >= 15 is 0 Å². The lowest BCUT2D eigenvalue weighted by Crippen LogP contribution is -2.39. The van der Waals surface area contributed by atoms with Crippen molar-refractivity contribution in [2.75, 3.05) is 11.9 Å². The third-order valence-electron chi connectivity index (χ3n) is 4.30. The van der Waals surface area contributed by atoms with E-state index in [0.717, 1.165) is 24.9 Å². The summed E-state index contributed by atoms with van der Waals surface area (Å²) in [7, 11) is 0. The minimum absolute atomic E-state index is 0.235. The number of carbonyl (C=O) groups is 2. The molecule has 1 atom stereocenters. The van der Waals surface area contributed by atoms with Gasteiger partial charge in [-0.05, 0) is 50.1 Å². The molecule has 6 nitrogen and oxygen atoms in total. The third kappa shape index (κ3) is 3.49. The predicted molar refractivity (Wildman–Crippen MR) is 90.5 cm³/mol. The normalized spacial score (nSPS) is 17.8. The largest absolute Gasteiger partial charge is 0.456 e. The molecule has 1 aliphatic rings. The van der Waals surface area contributed by atoms with Gasteiger partial charge >= 0.3 is 0 Å². The number of likely N-dealkylation sites (tertiary alicyclic amines) is 1. The van der Waals surface area contributed by atoms with Gasteiger partial charge in [-0.2, -0.15) is 0 Å². The number of para-hydroxylation sites is 1. The molecule has 3 rings (SSSR count). The standard InChI is InChI=1S/C18H21N3O3/c1-12-8-9-16(24-12)18(23)20-14-6-3-2-5-13(14)11-21-10-4-7-15(21)17(19)22/h2-3,5-6,8-9,15H,4,7,10-11H2,1H3,(H2,19,22)(H,20,23)/t15-/m0/s1. The van der Waals surface area contributed by atoms with Crippen molar-refractivity contribution in [3.8, 4) is 0 Å². The molecule has 0 saturated carbocycles. The summed E-state index contributed by atoms with van der Waals surface area (Å²) in [6, 6.07) is 10.7. The lowest BCUT2D eigenvalue weighted by molar-refractivity contribution is -0.122. The molecule has 2 aromatic rings. The van der Waals surface area contributed by atoms with Crippen molar-refractivity contribution in [2.45, 2.75) is 32.4 Å². The molecular weight excluding hydrogens is 306 g/mol. The lowest BCUT2D eigenvalue weighted by Gasteiger charge is -2.23. The van der Waals surface area contributed by atoms with Gasteiger partial charge in [0, 0.05) is 12.2 Å². The Morgan fingerprint density at radius 1 is 1.29 bits per heavy atom. The zero-order valence-corrected chi connectivity index (χ0v) is 13.6. The van der Waals surface area contributed by atoms with E-state index in [1.54, 1.807) is 19.1 Å². The molecule has 3 N–H and O–H groups in total. The first-order chi connectivity index (χ1) is 11.5. The average molecular weight is 327 g/mol. The second-order valence-corrected chi connectivity index (χ2v) is 6.05. The minimum Gasteiger partial charge on any atom is -0.456 e. The fourth-order valence-electron chi connectivity index (χ4n) is 3.08. The average Bonchev–Trinajstić information content (AvgIpc) is 3.18. The van der Waals surface area contributed by atoms with Crippen LogP contribution >= 0.6 is 0 Å². The number of rotatable bonds is 5. The highest BCUT2D eigenvalue weighted by Crippen LogP contribution is 2.24. The zero-order chi connectivity index (χ0) is 17.1. The molecule has 0 spiro atoms. The van der Waals surface area contributed by atoms with E-state index in [-0.39, 0.29) is 23.6 Å². The first-order valence-electron chi connectivity index (χ1n) is 8.03. The summed E-state index contributed by atoms with van der Waals surface area (Å²) in [4.78, 5) is 25.9.